The molecule has 1 aliphatic carbocycles. The number of benzene rings is 1. The molecule has 1 heterocycles. The Labute approximate surface area is 102 Å². The highest BCUT2D eigenvalue weighted by Crippen LogP contribution is 2.59. The van der Waals surface area contributed by atoms with Crippen LogP contribution < -0.4 is 4.74 Å². The van der Waals surface area contributed by atoms with Gasteiger partial charge in [0, 0.05) is 11.0 Å². The fraction of sp³-hybridized carbons (Fsp3) is 0.533. The summed E-state index contributed by atoms with van der Waals surface area (Å²) in [5, 5.41) is 0. The number of rotatable bonds is 0. The van der Waals surface area contributed by atoms with Gasteiger partial charge in [0.05, 0.1) is 5.41 Å². The summed E-state index contributed by atoms with van der Waals surface area (Å²) in [5.41, 5.74) is 2.06. The van der Waals surface area contributed by atoms with E-state index in [1.54, 1.807) is 0 Å². The van der Waals surface area contributed by atoms with Crippen LogP contribution in [0.2, 0.25) is 0 Å². The fourth-order valence-electron chi connectivity index (χ4n) is 3.48. The minimum atomic E-state index is -0.339. The van der Waals surface area contributed by atoms with Crippen LogP contribution in [-0.4, -0.2) is 5.97 Å². The van der Waals surface area contributed by atoms with Gasteiger partial charge in [-0.15, -0.1) is 0 Å². The Hall–Kier alpha value is -1.31. The first-order valence-corrected chi connectivity index (χ1v) is 6.31. The zero-order chi connectivity index (χ0) is 12.3. The second-order valence-electron chi connectivity index (χ2n) is 5.91. The van der Waals surface area contributed by atoms with Crippen molar-refractivity contribution in [3.05, 3.63) is 29.3 Å². The number of hydrogen-bond donors (Lipinski definition) is 0. The van der Waals surface area contributed by atoms with Crippen LogP contribution in [0.3, 0.4) is 0 Å². The molecule has 17 heavy (non-hydrogen) atoms. The van der Waals surface area contributed by atoms with E-state index in [2.05, 4.69) is 26.8 Å². The number of esters is 1. The topological polar surface area (TPSA) is 26.3 Å². The van der Waals surface area contributed by atoms with E-state index >= 15 is 0 Å². The Balaban J connectivity index is 2.27. The van der Waals surface area contributed by atoms with Gasteiger partial charge in [0.2, 0.25) is 0 Å². The van der Waals surface area contributed by atoms with Gasteiger partial charge in [0.15, 0.2) is 0 Å². The Morgan fingerprint density at radius 1 is 1.18 bits per heavy atom. The first-order valence-electron chi connectivity index (χ1n) is 6.31. The molecule has 1 aliphatic heterocycles. The molecule has 0 radical (unpaired) electrons. The molecule has 1 aromatic rings. The van der Waals surface area contributed by atoms with Crippen LogP contribution in [0.15, 0.2) is 18.2 Å². The third kappa shape index (κ3) is 1.18. The van der Waals surface area contributed by atoms with Crippen molar-refractivity contribution in [2.45, 2.75) is 45.4 Å². The zero-order valence-corrected chi connectivity index (χ0v) is 10.7. The number of fused-ring (bicyclic) bond motifs is 3. The molecule has 0 aromatic heterocycles. The van der Waals surface area contributed by atoms with E-state index in [1.807, 2.05) is 12.1 Å². The van der Waals surface area contributed by atoms with Gasteiger partial charge in [-0.3, -0.25) is 4.79 Å². The molecule has 0 bridgehead atoms. The van der Waals surface area contributed by atoms with Crippen molar-refractivity contribution in [2.75, 3.05) is 0 Å². The average molecular weight is 230 g/mol. The lowest BCUT2D eigenvalue weighted by Gasteiger charge is -2.44. The van der Waals surface area contributed by atoms with E-state index in [0.29, 0.717) is 0 Å². The summed E-state index contributed by atoms with van der Waals surface area (Å²) in [4.78, 5) is 12.2. The monoisotopic (exact) mass is 230 g/mol. The van der Waals surface area contributed by atoms with Crippen molar-refractivity contribution in [1.82, 2.24) is 0 Å². The molecule has 2 nitrogen and oxygen atoms in total. The van der Waals surface area contributed by atoms with Crippen molar-refractivity contribution in [3.63, 3.8) is 0 Å². The first-order chi connectivity index (χ1) is 7.97. The maximum atomic E-state index is 12.2. The molecular weight excluding hydrogens is 212 g/mol. The summed E-state index contributed by atoms with van der Waals surface area (Å²) in [6, 6.07) is 6.13. The van der Waals surface area contributed by atoms with Gasteiger partial charge in [-0.1, -0.05) is 31.0 Å². The van der Waals surface area contributed by atoms with Crippen LogP contribution in [0.5, 0.6) is 5.75 Å². The highest BCUT2D eigenvalue weighted by Gasteiger charge is 2.58. The average Bonchev–Trinajstić information content (AvgIpc) is 2.60. The maximum absolute atomic E-state index is 12.2. The molecule has 3 rings (SSSR count). The number of hydrogen-bond acceptors (Lipinski definition) is 2. The molecular formula is C15H18O2. The smallest absolute Gasteiger partial charge is 0.318 e. The molecule has 0 spiro atoms. The Bertz CT molecular complexity index is 506. The standard InChI is InChI=1S/C15H18O2/c1-10-5-6-12-11(9-10)14(2)7-4-8-15(14,3)13(16)17-12/h5-6,9H,4,7-8H2,1-3H3/t14-,15+/m1/s1. The highest BCUT2D eigenvalue weighted by atomic mass is 16.5. The molecule has 0 saturated heterocycles. The van der Waals surface area contributed by atoms with Gasteiger partial charge in [-0.2, -0.15) is 0 Å². The van der Waals surface area contributed by atoms with Gasteiger partial charge in [-0.25, -0.2) is 0 Å². The van der Waals surface area contributed by atoms with Gasteiger partial charge < -0.3 is 4.74 Å². The maximum Gasteiger partial charge on any atom is 0.318 e. The van der Waals surface area contributed by atoms with E-state index in [1.165, 1.54) is 11.1 Å². The highest BCUT2D eigenvalue weighted by molar-refractivity contribution is 5.84. The lowest BCUT2D eigenvalue weighted by molar-refractivity contribution is -0.150. The molecule has 1 saturated carbocycles. The second kappa shape index (κ2) is 3.12. The van der Waals surface area contributed by atoms with Crippen molar-refractivity contribution in [1.29, 1.82) is 0 Å². The van der Waals surface area contributed by atoms with E-state index in [-0.39, 0.29) is 16.8 Å². The molecule has 90 valence electrons. The van der Waals surface area contributed by atoms with Crippen LogP contribution in [0.1, 0.15) is 44.2 Å². The van der Waals surface area contributed by atoms with Crippen molar-refractivity contribution >= 4 is 5.97 Å². The first kappa shape index (κ1) is 10.8. The van der Waals surface area contributed by atoms with Gasteiger partial charge >= 0.3 is 5.97 Å². The molecule has 1 aromatic carbocycles. The molecule has 0 unspecified atom stereocenters. The molecule has 2 heteroatoms. The minimum Gasteiger partial charge on any atom is -0.426 e. The quantitative estimate of drug-likeness (QED) is 0.504. The Morgan fingerprint density at radius 3 is 2.65 bits per heavy atom. The van der Waals surface area contributed by atoms with E-state index in [4.69, 9.17) is 4.74 Å². The summed E-state index contributed by atoms with van der Waals surface area (Å²) >= 11 is 0. The number of aryl methyl sites for hydroxylation is 1. The lowest BCUT2D eigenvalue weighted by atomic mass is 9.62. The van der Waals surface area contributed by atoms with Crippen LogP contribution in [-0.2, 0) is 10.2 Å². The molecule has 0 N–H and O–H groups in total. The predicted octanol–water partition coefficient (Wildman–Crippen LogP) is 3.36. The Kier molecular flexibility index (Phi) is 1.99. The van der Waals surface area contributed by atoms with Crippen molar-refractivity contribution in [2.24, 2.45) is 5.41 Å². The van der Waals surface area contributed by atoms with Crippen LogP contribution in [0.4, 0.5) is 0 Å². The number of ether oxygens (including phenoxy) is 1. The van der Waals surface area contributed by atoms with Crippen molar-refractivity contribution in [3.8, 4) is 5.75 Å². The minimum absolute atomic E-state index is 0.0474. The summed E-state index contributed by atoms with van der Waals surface area (Å²) in [7, 11) is 0. The van der Waals surface area contributed by atoms with Crippen molar-refractivity contribution < 1.29 is 9.53 Å². The number of carbonyl (C=O) groups is 1. The summed E-state index contributed by atoms with van der Waals surface area (Å²) < 4.78 is 5.53. The van der Waals surface area contributed by atoms with Gasteiger partial charge in [0.25, 0.3) is 0 Å². The predicted molar refractivity (Wildman–Crippen MR) is 66.1 cm³/mol. The second-order valence-corrected chi connectivity index (χ2v) is 5.91. The third-order valence-electron chi connectivity index (χ3n) is 4.95. The van der Waals surface area contributed by atoms with Gasteiger partial charge in [-0.05, 0) is 32.8 Å². The molecule has 2 atom stereocenters. The number of carbonyl (C=O) groups excluding carboxylic acids is 1. The molecule has 1 fully saturated rings. The van der Waals surface area contributed by atoms with Gasteiger partial charge in [0.1, 0.15) is 5.75 Å². The molecule has 2 aliphatic rings. The van der Waals surface area contributed by atoms with Crippen LogP contribution in [0.25, 0.3) is 0 Å². The SMILES string of the molecule is Cc1ccc2c(c1)[C@@]1(C)CCC[C@@]1(C)C(=O)O2. The fourth-order valence-corrected chi connectivity index (χ4v) is 3.48. The molecule has 0 amide bonds. The Morgan fingerprint density at radius 2 is 1.88 bits per heavy atom. The summed E-state index contributed by atoms with van der Waals surface area (Å²) in [6.07, 6.45) is 3.13. The van der Waals surface area contributed by atoms with Crippen LogP contribution >= 0.6 is 0 Å². The van der Waals surface area contributed by atoms with E-state index in [9.17, 15) is 4.79 Å². The normalized spacial score (nSPS) is 35.1. The largest absolute Gasteiger partial charge is 0.426 e. The van der Waals surface area contributed by atoms with Crippen LogP contribution in [0, 0.1) is 12.3 Å². The van der Waals surface area contributed by atoms with E-state index in [0.717, 1.165) is 25.0 Å². The lowest BCUT2D eigenvalue weighted by Crippen LogP contribution is -2.48. The third-order valence-corrected chi connectivity index (χ3v) is 4.95. The summed E-state index contributed by atoms with van der Waals surface area (Å²) in [6.45, 7) is 6.37. The van der Waals surface area contributed by atoms with E-state index < -0.39 is 0 Å². The zero-order valence-electron chi connectivity index (χ0n) is 10.7. The summed E-state index contributed by atoms with van der Waals surface area (Å²) in [5.74, 6) is 0.719.